The van der Waals surface area contributed by atoms with Crippen molar-refractivity contribution >= 4 is 41.0 Å². The predicted octanol–water partition coefficient (Wildman–Crippen LogP) is 6.95. The van der Waals surface area contributed by atoms with Gasteiger partial charge in [0.05, 0.1) is 5.30 Å². The summed E-state index contributed by atoms with van der Waals surface area (Å²) in [6, 6.07) is 10.4. The third-order valence-corrected chi connectivity index (χ3v) is 6.60. The second-order valence-corrected chi connectivity index (χ2v) is 11.5. The minimum absolute atomic E-state index is 0.101. The van der Waals surface area contributed by atoms with Gasteiger partial charge >= 0.3 is 0 Å². The number of halogens is 3. The SMILES string of the molecule is CC(C)(C)c1cc(C=Nc2ccccc2Oc2c(F)c(F)c(P)c(F)c2P)c(O)c(C(C)(C)C)c1. The molecule has 0 heterocycles. The highest BCUT2D eigenvalue weighted by Crippen LogP contribution is 2.38. The lowest BCUT2D eigenvalue weighted by molar-refractivity contribution is 0.417. The summed E-state index contributed by atoms with van der Waals surface area (Å²) in [6.07, 6.45) is 1.51. The molecule has 0 saturated carbocycles. The van der Waals surface area contributed by atoms with Crippen LogP contribution in [0.15, 0.2) is 41.4 Å². The Morgan fingerprint density at radius 1 is 0.857 bits per heavy atom. The monoisotopic (exact) mass is 519 g/mol. The summed E-state index contributed by atoms with van der Waals surface area (Å²) in [4.78, 5) is 4.47. The molecule has 3 aromatic rings. The fourth-order valence-corrected chi connectivity index (χ4v) is 4.23. The van der Waals surface area contributed by atoms with Crippen LogP contribution in [0.25, 0.3) is 0 Å². The van der Waals surface area contributed by atoms with E-state index in [2.05, 4.69) is 25.8 Å². The lowest BCUT2D eigenvalue weighted by Gasteiger charge is -2.27. The van der Waals surface area contributed by atoms with Gasteiger partial charge in [0, 0.05) is 22.6 Å². The molecule has 3 rings (SSSR count). The normalized spacial score (nSPS) is 12.4. The number of hydrogen-bond donors (Lipinski definition) is 1. The number of benzene rings is 3. The van der Waals surface area contributed by atoms with Gasteiger partial charge in [-0.15, -0.1) is 0 Å². The van der Waals surface area contributed by atoms with Gasteiger partial charge in [-0.25, -0.2) is 8.78 Å². The van der Waals surface area contributed by atoms with E-state index in [1.165, 1.54) is 12.3 Å². The topological polar surface area (TPSA) is 41.8 Å². The van der Waals surface area contributed by atoms with E-state index in [1.54, 1.807) is 18.2 Å². The number of para-hydroxylation sites is 2. The molecule has 0 bridgehead atoms. The molecule has 0 aliphatic heterocycles. The summed E-state index contributed by atoms with van der Waals surface area (Å²) < 4.78 is 48.6. The van der Waals surface area contributed by atoms with E-state index in [0.717, 1.165) is 11.1 Å². The molecule has 3 aromatic carbocycles. The third-order valence-electron chi connectivity index (χ3n) is 5.58. The Balaban J connectivity index is 2.09. The average molecular weight is 519 g/mol. The Bertz CT molecular complexity index is 1280. The number of ether oxygens (including phenoxy) is 1. The Kier molecular flexibility index (Phi) is 7.70. The van der Waals surface area contributed by atoms with Crippen molar-refractivity contribution in [1.29, 1.82) is 0 Å². The van der Waals surface area contributed by atoms with E-state index in [4.69, 9.17) is 4.74 Å². The molecule has 0 aliphatic rings. The zero-order valence-corrected chi connectivity index (χ0v) is 22.9. The van der Waals surface area contributed by atoms with Gasteiger partial charge in [-0.3, -0.25) is 4.99 Å². The van der Waals surface area contributed by atoms with E-state index in [9.17, 15) is 18.3 Å². The number of phenols is 1. The summed E-state index contributed by atoms with van der Waals surface area (Å²) in [5, 5.41) is 10.3. The Hall–Kier alpha value is -2.42. The van der Waals surface area contributed by atoms with Crippen LogP contribution >= 0.6 is 18.5 Å². The van der Waals surface area contributed by atoms with Crippen molar-refractivity contribution in [2.24, 2.45) is 4.99 Å². The van der Waals surface area contributed by atoms with Gasteiger partial charge in [0.25, 0.3) is 0 Å². The molecule has 0 aliphatic carbocycles. The minimum Gasteiger partial charge on any atom is -0.507 e. The van der Waals surface area contributed by atoms with Crippen molar-refractivity contribution < 1.29 is 23.0 Å². The summed E-state index contributed by atoms with van der Waals surface area (Å²) in [7, 11) is 3.89. The highest BCUT2D eigenvalue weighted by atomic mass is 31.0. The van der Waals surface area contributed by atoms with Gasteiger partial charge in [0.2, 0.25) is 5.82 Å². The van der Waals surface area contributed by atoms with E-state index in [0.29, 0.717) is 11.3 Å². The maximum Gasteiger partial charge on any atom is 0.202 e. The van der Waals surface area contributed by atoms with E-state index in [-0.39, 0.29) is 27.6 Å². The smallest absolute Gasteiger partial charge is 0.202 e. The van der Waals surface area contributed by atoms with Gasteiger partial charge in [-0.05, 0) is 34.6 Å². The maximum absolute atomic E-state index is 14.6. The van der Waals surface area contributed by atoms with Crippen molar-refractivity contribution in [2.75, 3.05) is 0 Å². The number of rotatable bonds is 4. The van der Waals surface area contributed by atoms with Crippen molar-refractivity contribution in [3.8, 4) is 17.2 Å². The Morgan fingerprint density at radius 3 is 2.09 bits per heavy atom. The molecule has 0 saturated heterocycles. The molecule has 8 heteroatoms. The van der Waals surface area contributed by atoms with Crippen molar-refractivity contribution in [2.45, 2.75) is 52.4 Å². The molecule has 1 N–H and O–H groups in total. The van der Waals surface area contributed by atoms with Gasteiger partial charge < -0.3 is 9.84 Å². The number of aromatic hydroxyl groups is 1. The molecule has 186 valence electrons. The Labute approximate surface area is 209 Å². The number of phenolic OH excluding ortho intramolecular Hbond substituents is 1. The zero-order chi connectivity index (χ0) is 26.3. The molecule has 0 spiro atoms. The maximum atomic E-state index is 14.6. The van der Waals surface area contributed by atoms with Crippen molar-refractivity contribution in [1.82, 2.24) is 0 Å². The molecule has 0 radical (unpaired) electrons. The summed E-state index contributed by atoms with van der Waals surface area (Å²) in [6.45, 7) is 12.3. The molecule has 0 aromatic heterocycles. The van der Waals surface area contributed by atoms with Gasteiger partial charge in [0.15, 0.2) is 17.3 Å². The van der Waals surface area contributed by atoms with E-state index < -0.39 is 28.5 Å². The van der Waals surface area contributed by atoms with Crippen molar-refractivity contribution in [3.05, 3.63) is 70.5 Å². The number of aliphatic imine (C=N–C) groups is 1. The molecule has 35 heavy (non-hydrogen) atoms. The summed E-state index contributed by atoms with van der Waals surface area (Å²) >= 11 is 0. The van der Waals surface area contributed by atoms with Crippen LogP contribution in [0, 0.1) is 17.5 Å². The zero-order valence-electron chi connectivity index (χ0n) is 20.6. The summed E-state index contributed by atoms with van der Waals surface area (Å²) in [5.74, 6) is -3.94. The van der Waals surface area contributed by atoms with Crippen LogP contribution in [0.4, 0.5) is 18.9 Å². The van der Waals surface area contributed by atoms with Crippen LogP contribution in [0.5, 0.6) is 17.2 Å². The quantitative estimate of drug-likeness (QED) is 0.230. The van der Waals surface area contributed by atoms with Gasteiger partial charge in [-0.1, -0.05) is 78.2 Å². The van der Waals surface area contributed by atoms with Crippen LogP contribution in [-0.4, -0.2) is 11.3 Å². The Morgan fingerprint density at radius 2 is 1.49 bits per heavy atom. The first kappa shape index (κ1) is 27.2. The molecule has 3 nitrogen and oxygen atoms in total. The predicted molar refractivity (Wildman–Crippen MR) is 144 cm³/mol. The van der Waals surface area contributed by atoms with E-state index >= 15 is 0 Å². The second kappa shape index (κ2) is 9.91. The van der Waals surface area contributed by atoms with Gasteiger partial charge in [-0.2, -0.15) is 4.39 Å². The van der Waals surface area contributed by atoms with Crippen LogP contribution in [0.2, 0.25) is 0 Å². The first-order chi connectivity index (χ1) is 16.1. The van der Waals surface area contributed by atoms with Crippen LogP contribution < -0.4 is 15.3 Å². The molecule has 2 atom stereocenters. The fourth-order valence-electron chi connectivity index (χ4n) is 3.44. The third kappa shape index (κ3) is 5.71. The van der Waals surface area contributed by atoms with Crippen molar-refractivity contribution in [3.63, 3.8) is 0 Å². The second-order valence-electron chi connectivity index (χ2n) is 10.4. The average Bonchev–Trinajstić information content (AvgIpc) is 2.77. The highest BCUT2D eigenvalue weighted by Gasteiger charge is 2.25. The van der Waals surface area contributed by atoms with Crippen LogP contribution in [0.1, 0.15) is 58.2 Å². The largest absolute Gasteiger partial charge is 0.507 e. The van der Waals surface area contributed by atoms with E-state index in [1.807, 2.05) is 51.4 Å². The van der Waals surface area contributed by atoms with Crippen LogP contribution in [-0.2, 0) is 10.8 Å². The molecular weight excluding hydrogens is 489 g/mol. The molecule has 0 amide bonds. The molecular formula is C27H30F3NO2P2. The van der Waals surface area contributed by atoms with Crippen LogP contribution in [0.3, 0.4) is 0 Å². The standard InChI is InChI=1S/C27H30F3NO2P2/c1-26(2,3)15-11-14(22(32)16(12-15)27(4,5)6)13-31-17-9-7-8-10-18(17)33-23-19(28)20(29)24(34)21(30)25(23)35/h7-13,32H,34-35H2,1-6H3. The molecule has 0 fully saturated rings. The van der Waals surface area contributed by atoms with Gasteiger partial charge in [0.1, 0.15) is 17.3 Å². The lowest BCUT2D eigenvalue weighted by Crippen LogP contribution is -2.19. The number of nitrogens with zero attached hydrogens (tertiary/aromatic N) is 1. The molecule has 2 unspecified atom stereocenters. The highest BCUT2D eigenvalue weighted by molar-refractivity contribution is 7.29. The first-order valence-corrected chi connectivity index (χ1v) is 12.2. The minimum atomic E-state index is -1.34. The summed E-state index contributed by atoms with van der Waals surface area (Å²) in [5.41, 5.74) is 2.16. The first-order valence-electron chi connectivity index (χ1n) is 11.0. The lowest BCUT2D eigenvalue weighted by atomic mass is 9.79. The number of hydrogen-bond acceptors (Lipinski definition) is 3. The fraction of sp³-hybridized carbons (Fsp3) is 0.296.